The van der Waals surface area contributed by atoms with Crippen LogP contribution in [0.3, 0.4) is 0 Å². The molecule has 0 aliphatic carbocycles. The molecule has 0 radical (unpaired) electrons. The molecule has 0 aliphatic heterocycles. The number of aromatic nitrogens is 3. The topological polar surface area (TPSA) is 59.9 Å². The quantitative estimate of drug-likeness (QED) is 0.736. The second kappa shape index (κ2) is 6.50. The van der Waals surface area contributed by atoms with Crippen LogP contribution in [0, 0.1) is 6.92 Å². The lowest BCUT2D eigenvalue weighted by Gasteiger charge is -2.22. The molecule has 0 fully saturated rings. The molecule has 122 valence electrons. The molecule has 6 heteroatoms. The van der Waals surface area contributed by atoms with Crippen molar-refractivity contribution < 1.29 is 4.74 Å². The van der Waals surface area contributed by atoms with Gasteiger partial charge in [0.1, 0.15) is 5.60 Å². The molecule has 5 nitrogen and oxygen atoms in total. The summed E-state index contributed by atoms with van der Waals surface area (Å²) < 4.78 is 5.96. The largest absolute Gasteiger partial charge is 0.469 e. The molecule has 0 saturated heterocycles. The summed E-state index contributed by atoms with van der Waals surface area (Å²) in [7, 11) is 0. The van der Waals surface area contributed by atoms with Gasteiger partial charge < -0.3 is 10.1 Å². The van der Waals surface area contributed by atoms with Crippen molar-refractivity contribution in [2.24, 2.45) is 0 Å². The maximum absolute atomic E-state index is 5.96. The summed E-state index contributed by atoms with van der Waals surface area (Å²) in [4.78, 5) is 14.7. The van der Waals surface area contributed by atoms with Crippen molar-refractivity contribution in [2.75, 3.05) is 5.32 Å². The third kappa shape index (κ3) is 4.16. The highest BCUT2D eigenvalue weighted by Gasteiger charge is 2.19. The van der Waals surface area contributed by atoms with Crippen molar-refractivity contribution in [3.63, 3.8) is 0 Å². The van der Waals surface area contributed by atoms with Gasteiger partial charge in [0, 0.05) is 11.1 Å². The van der Waals surface area contributed by atoms with E-state index in [-0.39, 0.29) is 13.0 Å². The van der Waals surface area contributed by atoms with Gasteiger partial charge in [0.25, 0.3) is 5.88 Å². The van der Waals surface area contributed by atoms with Crippen molar-refractivity contribution >= 4 is 33.3 Å². The van der Waals surface area contributed by atoms with Crippen LogP contribution in [0.15, 0.2) is 30.5 Å². The zero-order valence-corrected chi connectivity index (χ0v) is 13.9. The van der Waals surface area contributed by atoms with Gasteiger partial charge in [0.2, 0.25) is 0 Å². The number of nitrogens with zero attached hydrogens (tertiary/aromatic N) is 3. The van der Waals surface area contributed by atoms with Crippen LogP contribution in [0.25, 0.3) is 11.0 Å². The van der Waals surface area contributed by atoms with E-state index in [2.05, 4.69) is 20.3 Å². The molecule has 3 rings (SSSR count). The fourth-order valence-electron chi connectivity index (χ4n) is 1.94. The number of hydrogen-bond donors (Lipinski definition) is 1. The van der Waals surface area contributed by atoms with Gasteiger partial charge in [-0.05, 0) is 39.8 Å². The Balaban J connectivity index is 0.00000192. The molecule has 23 heavy (non-hydrogen) atoms. The van der Waals surface area contributed by atoms with Crippen molar-refractivity contribution in [3.05, 3.63) is 35.3 Å². The van der Waals surface area contributed by atoms with Gasteiger partial charge in [0.15, 0.2) is 10.9 Å². The average molecular weight is 330 g/mol. The first-order valence-corrected chi connectivity index (χ1v) is 7.88. The number of anilines is 2. The Morgan fingerprint density at radius 2 is 1.74 bits per heavy atom. The molecule has 0 amide bonds. The molecule has 3 aromatic rings. The van der Waals surface area contributed by atoms with Crippen LogP contribution in [-0.2, 0) is 0 Å². The minimum Gasteiger partial charge on any atom is -0.469 e. The van der Waals surface area contributed by atoms with Crippen LogP contribution in [-0.4, -0.2) is 20.6 Å². The van der Waals surface area contributed by atoms with Crippen molar-refractivity contribution in [3.8, 4) is 5.88 Å². The van der Waals surface area contributed by atoms with Crippen LogP contribution >= 0.6 is 11.3 Å². The summed E-state index contributed by atoms with van der Waals surface area (Å²) in [5, 5.41) is 4.00. The van der Waals surface area contributed by atoms with E-state index in [0.717, 1.165) is 21.0 Å². The Hall–Kier alpha value is -2.21. The summed E-state index contributed by atoms with van der Waals surface area (Å²) >= 11 is 1.57. The van der Waals surface area contributed by atoms with Gasteiger partial charge in [-0.2, -0.15) is 0 Å². The average Bonchev–Trinajstić information content (AvgIpc) is 2.83. The van der Waals surface area contributed by atoms with E-state index in [4.69, 9.17) is 4.74 Å². The standard InChI is InChI=1S/C16H18N4OS.CH4/c1-10-9-17-15(22-10)20-13-14(21-16(2,3)4)19-12-8-6-5-7-11(12)18-13;/h5-9H,1-4H3,(H,17,18,20);1H4. The predicted molar refractivity (Wildman–Crippen MR) is 96.8 cm³/mol. The van der Waals surface area contributed by atoms with Crippen molar-refractivity contribution in [2.45, 2.75) is 40.7 Å². The first kappa shape index (κ1) is 17.1. The lowest BCUT2D eigenvalue weighted by molar-refractivity contribution is 0.125. The lowest BCUT2D eigenvalue weighted by Crippen LogP contribution is -2.24. The molecule has 0 spiro atoms. The first-order valence-electron chi connectivity index (χ1n) is 7.06. The number of benzene rings is 1. The number of para-hydroxylation sites is 2. The fraction of sp³-hybridized carbons (Fsp3) is 0.353. The van der Waals surface area contributed by atoms with Crippen molar-refractivity contribution in [1.82, 2.24) is 15.0 Å². The Morgan fingerprint density at radius 1 is 1.09 bits per heavy atom. The van der Waals surface area contributed by atoms with E-state index in [0.29, 0.717) is 11.7 Å². The third-order valence-electron chi connectivity index (χ3n) is 2.79. The Labute approximate surface area is 140 Å². The molecule has 2 aromatic heterocycles. The molecule has 0 atom stereocenters. The van der Waals surface area contributed by atoms with Crippen molar-refractivity contribution in [1.29, 1.82) is 0 Å². The summed E-state index contributed by atoms with van der Waals surface area (Å²) in [6, 6.07) is 7.74. The summed E-state index contributed by atoms with van der Waals surface area (Å²) in [6.07, 6.45) is 1.83. The predicted octanol–water partition coefficient (Wildman–Crippen LogP) is 4.95. The number of hydrogen-bond acceptors (Lipinski definition) is 6. The SMILES string of the molecule is C.Cc1cnc(Nc2nc3ccccc3nc2OC(C)(C)C)s1. The van der Waals surface area contributed by atoms with Gasteiger partial charge in [0.05, 0.1) is 11.0 Å². The number of nitrogens with one attached hydrogen (secondary N) is 1. The molecule has 0 aliphatic rings. The van der Waals surface area contributed by atoms with Gasteiger partial charge in [-0.15, -0.1) is 11.3 Å². The van der Waals surface area contributed by atoms with Crippen LogP contribution in [0.4, 0.5) is 10.9 Å². The number of thiazole rings is 1. The molecule has 2 heterocycles. The highest BCUT2D eigenvalue weighted by Crippen LogP contribution is 2.30. The maximum atomic E-state index is 5.96. The molecule has 0 unspecified atom stereocenters. The molecular weight excluding hydrogens is 308 g/mol. The van der Waals surface area contributed by atoms with E-state index in [1.807, 2.05) is 58.2 Å². The van der Waals surface area contributed by atoms with Crippen LogP contribution in [0.2, 0.25) is 0 Å². The number of aryl methyl sites for hydroxylation is 1. The van der Waals surface area contributed by atoms with E-state index in [9.17, 15) is 0 Å². The highest BCUT2D eigenvalue weighted by atomic mass is 32.1. The second-order valence-electron chi connectivity index (χ2n) is 5.98. The van der Waals surface area contributed by atoms with Gasteiger partial charge in [-0.3, -0.25) is 0 Å². The highest BCUT2D eigenvalue weighted by molar-refractivity contribution is 7.15. The molecule has 0 bridgehead atoms. The summed E-state index contributed by atoms with van der Waals surface area (Å²) in [6.45, 7) is 7.98. The molecule has 0 saturated carbocycles. The Morgan fingerprint density at radius 3 is 2.30 bits per heavy atom. The van der Waals surface area contributed by atoms with Gasteiger partial charge in [-0.25, -0.2) is 15.0 Å². The maximum Gasteiger partial charge on any atom is 0.259 e. The summed E-state index contributed by atoms with van der Waals surface area (Å²) in [5.74, 6) is 1.07. The summed E-state index contributed by atoms with van der Waals surface area (Å²) in [5.41, 5.74) is 1.27. The van der Waals surface area contributed by atoms with E-state index < -0.39 is 0 Å². The monoisotopic (exact) mass is 330 g/mol. The Kier molecular flexibility index (Phi) is 4.85. The molecule has 1 aromatic carbocycles. The third-order valence-corrected chi connectivity index (χ3v) is 3.62. The van der Waals surface area contributed by atoms with Crippen LogP contribution in [0.5, 0.6) is 5.88 Å². The van der Waals surface area contributed by atoms with E-state index in [1.54, 1.807) is 11.3 Å². The molecule has 1 N–H and O–H groups in total. The molecular formula is C17H22N4OS. The number of fused-ring (bicyclic) bond motifs is 1. The van der Waals surface area contributed by atoms with E-state index >= 15 is 0 Å². The van der Waals surface area contributed by atoms with Crippen LogP contribution in [0.1, 0.15) is 33.1 Å². The van der Waals surface area contributed by atoms with Gasteiger partial charge >= 0.3 is 0 Å². The smallest absolute Gasteiger partial charge is 0.259 e. The zero-order chi connectivity index (χ0) is 15.7. The first-order chi connectivity index (χ1) is 10.4. The fourth-order valence-corrected chi connectivity index (χ4v) is 2.60. The zero-order valence-electron chi connectivity index (χ0n) is 13.0. The van der Waals surface area contributed by atoms with E-state index in [1.165, 1.54) is 0 Å². The normalized spacial score (nSPS) is 11.1. The van der Waals surface area contributed by atoms with Crippen LogP contribution < -0.4 is 10.1 Å². The Bertz CT molecular complexity index is 808. The second-order valence-corrected chi connectivity index (χ2v) is 7.22. The minimum absolute atomic E-state index is 0. The lowest BCUT2D eigenvalue weighted by atomic mass is 10.2. The number of ether oxygens (including phenoxy) is 1. The number of rotatable bonds is 3. The van der Waals surface area contributed by atoms with Gasteiger partial charge in [-0.1, -0.05) is 19.6 Å². The minimum atomic E-state index is -0.355.